The van der Waals surface area contributed by atoms with Crippen molar-refractivity contribution < 1.29 is 14.7 Å². The first-order chi connectivity index (χ1) is 9.78. The molecule has 0 atom stereocenters. The summed E-state index contributed by atoms with van der Waals surface area (Å²) in [5.41, 5.74) is -0.575. The fourth-order valence-electron chi connectivity index (χ4n) is 5.31. The van der Waals surface area contributed by atoms with Crippen LogP contribution in [0.2, 0.25) is 0 Å². The Kier molecular flexibility index (Phi) is 3.53. The van der Waals surface area contributed by atoms with Crippen molar-refractivity contribution >= 4 is 11.9 Å². The van der Waals surface area contributed by atoms with Crippen molar-refractivity contribution in [2.75, 3.05) is 0 Å². The van der Waals surface area contributed by atoms with Crippen LogP contribution in [0.1, 0.15) is 65.2 Å². The molecule has 0 aromatic rings. The molecule has 0 aromatic heterocycles. The van der Waals surface area contributed by atoms with Crippen LogP contribution in [-0.2, 0) is 9.59 Å². The van der Waals surface area contributed by atoms with Gasteiger partial charge in [-0.15, -0.1) is 0 Å². The van der Waals surface area contributed by atoms with E-state index in [1.807, 2.05) is 13.8 Å². The van der Waals surface area contributed by atoms with Crippen LogP contribution in [0.4, 0.5) is 0 Å². The van der Waals surface area contributed by atoms with Crippen LogP contribution in [0.25, 0.3) is 0 Å². The third-order valence-corrected chi connectivity index (χ3v) is 5.94. The molecule has 21 heavy (non-hydrogen) atoms. The summed E-state index contributed by atoms with van der Waals surface area (Å²) in [5, 5.41) is 12.0. The molecule has 4 rings (SSSR count). The quantitative estimate of drug-likeness (QED) is 0.819. The summed E-state index contributed by atoms with van der Waals surface area (Å²) in [7, 11) is 0. The molecule has 4 heteroatoms. The summed E-state index contributed by atoms with van der Waals surface area (Å²) >= 11 is 0. The van der Waals surface area contributed by atoms with Gasteiger partial charge in [0.25, 0.3) is 0 Å². The van der Waals surface area contributed by atoms with Crippen molar-refractivity contribution in [1.29, 1.82) is 0 Å². The van der Waals surface area contributed by atoms with Gasteiger partial charge in [0.1, 0.15) is 0 Å². The molecule has 4 fully saturated rings. The van der Waals surface area contributed by atoms with Crippen LogP contribution < -0.4 is 5.32 Å². The summed E-state index contributed by atoms with van der Waals surface area (Å²) in [6.45, 7) is 3.88. The third-order valence-electron chi connectivity index (χ3n) is 5.94. The standard InChI is InChI=1S/C17H27NO3/c1-16(2,4-3-14(19)20)18-15(21)17-8-11-5-12(9-17)7-13(6-11)10-17/h11-13H,3-10H2,1-2H3,(H,18,21)(H,19,20). The maximum absolute atomic E-state index is 12.9. The lowest BCUT2D eigenvalue weighted by molar-refractivity contribution is -0.148. The number of hydrogen-bond acceptors (Lipinski definition) is 2. The highest BCUT2D eigenvalue weighted by molar-refractivity contribution is 5.84. The van der Waals surface area contributed by atoms with Crippen molar-refractivity contribution in [2.45, 2.75) is 70.8 Å². The van der Waals surface area contributed by atoms with E-state index >= 15 is 0 Å². The monoisotopic (exact) mass is 293 g/mol. The Bertz CT molecular complexity index is 420. The number of nitrogens with one attached hydrogen (secondary N) is 1. The zero-order chi connectivity index (χ0) is 15.3. The van der Waals surface area contributed by atoms with Crippen molar-refractivity contribution in [1.82, 2.24) is 5.32 Å². The summed E-state index contributed by atoms with van der Waals surface area (Å²) in [5.74, 6) is 1.65. The Labute approximate surface area is 126 Å². The van der Waals surface area contributed by atoms with Crippen molar-refractivity contribution in [3.63, 3.8) is 0 Å². The molecule has 4 aliphatic carbocycles. The number of carboxylic acids is 1. The minimum atomic E-state index is -0.799. The molecule has 2 N–H and O–H groups in total. The zero-order valence-electron chi connectivity index (χ0n) is 13.2. The van der Waals surface area contributed by atoms with Gasteiger partial charge in [-0.3, -0.25) is 9.59 Å². The summed E-state index contributed by atoms with van der Waals surface area (Å²) < 4.78 is 0. The maximum atomic E-state index is 12.9. The van der Waals surface area contributed by atoms with Gasteiger partial charge in [-0.25, -0.2) is 0 Å². The second kappa shape index (κ2) is 4.99. The molecular weight excluding hydrogens is 266 g/mol. The summed E-state index contributed by atoms with van der Waals surface area (Å²) in [6.07, 6.45) is 7.74. The van der Waals surface area contributed by atoms with Crippen LogP contribution in [0.15, 0.2) is 0 Å². The molecule has 4 aliphatic rings. The SMILES string of the molecule is CC(C)(CCC(=O)O)NC(=O)C12CC3CC(CC(C3)C1)C2. The zero-order valence-corrected chi connectivity index (χ0v) is 13.2. The fraction of sp³-hybridized carbons (Fsp3) is 0.882. The first-order valence-electron chi connectivity index (χ1n) is 8.32. The Hall–Kier alpha value is -1.06. The predicted octanol–water partition coefficient (Wildman–Crippen LogP) is 2.96. The van der Waals surface area contributed by atoms with E-state index in [9.17, 15) is 9.59 Å². The van der Waals surface area contributed by atoms with E-state index in [4.69, 9.17) is 5.11 Å². The number of carbonyl (C=O) groups excluding carboxylic acids is 1. The van der Waals surface area contributed by atoms with Crippen molar-refractivity contribution in [2.24, 2.45) is 23.2 Å². The molecule has 0 unspecified atom stereocenters. The minimum absolute atomic E-state index is 0.105. The Morgan fingerprint density at radius 1 is 1.10 bits per heavy atom. The smallest absolute Gasteiger partial charge is 0.303 e. The van der Waals surface area contributed by atoms with Gasteiger partial charge >= 0.3 is 5.97 Å². The lowest BCUT2D eigenvalue weighted by Crippen LogP contribution is -2.57. The van der Waals surface area contributed by atoms with Gasteiger partial charge in [-0.2, -0.15) is 0 Å². The molecule has 0 saturated heterocycles. The van der Waals surface area contributed by atoms with Gasteiger partial charge in [-0.1, -0.05) is 0 Å². The van der Waals surface area contributed by atoms with E-state index in [0.29, 0.717) is 6.42 Å². The van der Waals surface area contributed by atoms with Crippen LogP contribution in [-0.4, -0.2) is 22.5 Å². The van der Waals surface area contributed by atoms with Crippen molar-refractivity contribution in [3.05, 3.63) is 0 Å². The van der Waals surface area contributed by atoms with Crippen LogP contribution in [0.5, 0.6) is 0 Å². The molecule has 0 radical (unpaired) electrons. The second-order valence-corrected chi connectivity index (χ2v) is 8.43. The van der Waals surface area contributed by atoms with Gasteiger partial charge in [0.05, 0.1) is 0 Å². The maximum Gasteiger partial charge on any atom is 0.303 e. The molecule has 0 aromatic carbocycles. The third kappa shape index (κ3) is 2.95. The van der Waals surface area contributed by atoms with Gasteiger partial charge in [0, 0.05) is 17.4 Å². The number of aliphatic carboxylic acids is 1. The number of hydrogen-bond donors (Lipinski definition) is 2. The average Bonchev–Trinajstić information content (AvgIpc) is 2.34. The number of carbonyl (C=O) groups is 2. The molecule has 118 valence electrons. The first kappa shape index (κ1) is 14.9. The number of rotatable bonds is 5. The van der Waals surface area contributed by atoms with Gasteiger partial charge in [-0.05, 0) is 76.5 Å². The highest BCUT2D eigenvalue weighted by Crippen LogP contribution is 2.60. The highest BCUT2D eigenvalue weighted by atomic mass is 16.4. The largest absolute Gasteiger partial charge is 0.481 e. The molecule has 4 nitrogen and oxygen atoms in total. The molecule has 4 saturated carbocycles. The molecule has 0 spiro atoms. The molecule has 0 aliphatic heterocycles. The van der Waals surface area contributed by atoms with E-state index in [1.54, 1.807) is 0 Å². The predicted molar refractivity (Wildman–Crippen MR) is 79.7 cm³/mol. The Morgan fingerprint density at radius 2 is 1.57 bits per heavy atom. The van der Waals surface area contributed by atoms with Crippen LogP contribution in [0, 0.1) is 23.2 Å². The van der Waals surface area contributed by atoms with E-state index < -0.39 is 11.5 Å². The Morgan fingerprint density at radius 3 is 2.00 bits per heavy atom. The van der Waals surface area contributed by atoms with Crippen LogP contribution in [0.3, 0.4) is 0 Å². The lowest BCUT2D eigenvalue weighted by atomic mass is 9.49. The molecule has 4 bridgehead atoms. The normalized spacial score (nSPS) is 37.5. The van der Waals surface area contributed by atoms with Gasteiger partial charge in [0.2, 0.25) is 5.91 Å². The Balaban J connectivity index is 1.66. The topological polar surface area (TPSA) is 66.4 Å². The number of amides is 1. The van der Waals surface area contributed by atoms with E-state index in [1.165, 1.54) is 19.3 Å². The molecular formula is C17H27NO3. The van der Waals surface area contributed by atoms with E-state index in [-0.39, 0.29) is 17.7 Å². The summed E-state index contributed by atoms with van der Waals surface area (Å²) in [4.78, 5) is 23.6. The van der Waals surface area contributed by atoms with Gasteiger partial charge in [0.15, 0.2) is 0 Å². The highest BCUT2D eigenvalue weighted by Gasteiger charge is 2.55. The molecule has 0 heterocycles. The second-order valence-electron chi connectivity index (χ2n) is 8.43. The average molecular weight is 293 g/mol. The van der Waals surface area contributed by atoms with E-state index in [0.717, 1.165) is 37.0 Å². The van der Waals surface area contributed by atoms with E-state index in [2.05, 4.69) is 5.32 Å². The minimum Gasteiger partial charge on any atom is -0.481 e. The summed E-state index contributed by atoms with van der Waals surface area (Å²) in [6, 6.07) is 0. The van der Waals surface area contributed by atoms with Crippen LogP contribution >= 0.6 is 0 Å². The van der Waals surface area contributed by atoms with Crippen molar-refractivity contribution in [3.8, 4) is 0 Å². The number of carboxylic acid groups (broad SMARTS) is 1. The molecule has 1 amide bonds. The first-order valence-corrected chi connectivity index (χ1v) is 8.32. The lowest BCUT2D eigenvalue weighted by Gasteiger charge is -2.56. The van der Waals surface area contributed by atoms with Gasteiger partial charge < -0.3 is 10.4 Å². The fourth-order valence-corrected chi connectivity index (χ4v) is 5.31.